The Morgan fingerprint density at radius 1 is 1.36 bits per heavy atom. The van der Waals surface area contributed by atoms with Crippen molar-refractivity contribution in [2.45, 2.75) is 19.3 Å². The van der Waals surface area contributed by atoms with Gasteiger partial charge in [0.1, 0.15) is 17.3 Å². The first-order chi connectivity index (χ1) is 12.0. The van der Waals surface area contributed by atoms with Crippen LogP contribution >= 0.6 is 0 Å². The van der Waals surface area contributed by atoms with Gasteiger partial charge in [0.25, 0.3) is 5.91 Å². The summed E-state index contributed by atoms with van der Waals surface area (Å²) in [4.78, 5) is 21.6. The smallest absolute Gasteiger partial charge is 0.268 e. The second kappa shape index (κ2) is 7.14. The number of aliphatic hydroxyl groups is 1. The highest BCUT2D eigenvalue weighted by Gasteiger charge is 2.36. The van der Waals surface area contributed by atoms with Crippen LogP contribution in [0.25, 0.3) is 0 Å². The average molecular weight is 344 g/mol. The van der Waals surface area contributed by atoms with E-state index in [9.17, 15) is 14.3 Å². The van der Waals surface area contributed by atoms with Crippen molar-refractivity contribution in [3.8, 4) is 0 Å². The van der Waals surface area contributed by atoms with Gasteiger partial charge in [-0.05, 0) is 30.9 Å². The molecule has 1 aromatic carbocycles. The van der Waals surface area contributed by atoms with E-state index in [4.69, 9.17) is 5.73 Å². The summed E-state index contributed by atoms with van der Waals surface area (Å²) >= 11 is 0. The Morgan fingerprint density at radius 3 is 2.88 bits per heavy atom. The van der Waals surface area contributed by atoms with Crippen LogP contribution in [-0.4, -0.2) is 40.7 Å². The summed E-state index contributed by atoms with van der Waals surface area (Å²) in [5, 5.41) is 10.0. The van der Waals surface area contributed by atoms with Crippen LogP contribution in [0.1, 0.15) is 28.9 Å². The van der Waals surface area contributed by atoms with Gasteiger partial charge in [0.2, 0.25) is 0 Å². The molecular weight excluding hydrogens is 323 g/mol. The van der Waals surface area contributed by atoms with Crippen molar-refractivity contribution in [3.05, 3.63) is 53.7 Å². The topological polar surface area (TPSA) is 92.3 Å². The van der Waals surface area contributed by atoms with Gasteiger partial charge < -0.3 is 15.7 Å². The van der Waals surface area contributed by atoms with Gasteiger partial charge in [0.05, 0.1) is 19.0 Å². The molecule has 6 nitrogen and oxygen atoms in total. The molecule has 1 fully saturated rings. The van der Waals surface area contributed by atoms with E-state index in [0.29, 0.717) is 24.3 Å². The van der Waals surface area contributed by atoms with Crippen LogP contribution in [-0.2, 0) is 6.42 Å². The normalized spacial score (nSPS) is 20.5. The fourth-order valence-electron chi connectivity index (χ4n) is 3.41. The molecule has 132 valence electrons. The number of halogens is 1. The molecule has 2 aromatic rings. The lowest BCUT2D eigenvalue weighted by Gasteiger charge is -2.42. The standard InChI is InChI=1S/C18H21FN4O2/c19-14-5-2-1-4-13(14)8-18(12-24)6-3-7-23(11-18)16-10-21-9-15(22-16)17(20)25/h1-2,4-5,9-10,24H,3,6-8,11-12H2,(H2,20,25)/t18-/m0/s1. The van der Waals surface area contributed by atoms with Crippen molar-refractivity contribution in [3.63, 3.8) is 0 Å². The highest BCUT2D eigenvalue weighted by Crippen LogP contribution is 2.35. The fourth-order valence-corrected chi connectivity index (χ4v) is 3.41. The van der Waals surface area contributed by atoms with Gasteiger partial charge in [-0.3, -0.25) is 9.78 Å². The van der Waals surface area contributed by atoms with Crippen LogP contribution in [0.3, 0.4) is 0 Å². The Kier molecular flexibility index (Phi) is 4.94. The van der Waals surface area contributed by atoms with Crippen molar-refractivity contribution < 1.29 is 14.3 Å². The van der Waals surface area contributed by atoms with Crippen LogP contribution in [0.4, 0.5) is 10.2 Å². The zero-order valence-electron chi connectivity index (χ0n) is 13.9. The van der Waals surface area contributed by atoms with E-state index < -0.39 is 11.3 Å². The maximum atomic E-state index is 14.0. The van der Waals surface area contributed by atoms with Crippen LogP contribution in [0, 0.1) is 11.2 Å². The molecule has 0 unspecified atom stereocenters. The summed E-state index contributed by atoms with van der Waals surface area (Å²) in [6.45, 7) is 1.19. The minimum absolute atomic E-state index is 0.0548. The summed E-state index contributed by atoms with van der Waals surface area (Å²) in [7, 11) is 0. The average Bonchev–Trinajstić information content (AvgIpc) is 2.64. The van der Waals surface area contributed by atoms with Gasteiger partial charge in [0.15, 0.2) is 0 Å². The number of hydrogen-bond acceptors (Lipinski definition) is 5. The zero-order chi connectivity index (χ0) is 17.9. The van der Waals surface area contributed by atoms with Gasteiger partial charge in [-0.2, -0.15) is 0 Å². The van der Waals surface area contributed by atoms with Crippen molar-refractivity contribution in [1.29, 1.82) is 0 Å². The van der Waals surface area contributed by atoms with Crippen LogP contribution in [0.2, 0.25) is 0 Å². The molecule has 0 radical (unpaired) electrons. The first kappa shape index (κ1) is 17.3. The molecular formula is C18H21FN4O2. The molecule has 2 heterocycles. The van der Waals surface area contributed by atoms with Gasteiger partial charge >= 0.3 is 0 Å². The van der Waals surface area contributed by atoms with E-state index in [-0.39, 0.29) is 18.1 Å². The van der Waals surface area contributed by atoms with Gasteiger partial charge in [-0.25, -0.2) is 9.37 Å². The summed E-state index contributed by atoms with van der Waals surface area (Å²) < 4.78 is 14.0. The number of aromatic nitrogens is 2. The van der Waals surface area contributed by atoms with Crippen molar-refractivity contribution >= 4 is 11.7 Å². The maximum Gasteiger partial charge on any atom is 0.268 e. The Hall–Kier alpha value is -2.54. The highest BCUT2D eigenvalue weighted by atomic mass is 19.1. The number of nitrogens with zero attached hydrogens (tertiary/aromatic N) is 3. The predicted octanol–water partition coefficient (Wildman–Crippen LogP) is 1.54. The van der Waals surface area contributed by atoms with Gasteiger partial charge in [-0.15, -0.1) is 0 Å². The monoisotopic (exact) mass is 344 g/mol. The predicted molar refractivity (Wildman–Crippen MR) is 91.6 cm³/mol. The van der Waals surface area contributed by atoms with Crippen molar-refractivity contribution in [1.82, 2.24) is 9.97 Å². The molecule has 1 atom stereocenters. The number of carbonyl (C=O) groups is 1. The molecule has 7 heteroatoms. The quantitative estimate of drug-likeness (QED) is 0.858. The molecule has 25 heavy (non-hydrogen) atoms. The summed E-state index contributed by atoms with van der Waals surface area (Å²) in [6, 6.07) is 6.64. The number of nitrogens with two attached hydrogens (primary N) is 1. The number of carbonyl (C=O) groups excluding carboxylic acids is 1. The number of benzene rings is 1. The SMILES string of the molecule is NC(=O)c1cncc(N2CCC[C@](CO)(Cc3ccccc3F)C2)n1. The minimum atomic E-state index is -0.633. The van der Waals surface area contributed by atoms with E-state index >= 15 is 0 Å². The van der Waals surface area contributed by atoms with Crippen LogP contribution in [0.5, 0.6) is 0 Å². The number of anilines is 1. The third kappa shape index (κ3) is 3.76. The maximum absolute atomic E-state index is 14.0. The Labute approximate surface area is 145 Å². The van der Waals surface area contributed by atoms with Crippen molar-refractivity contribution in [2.75, 3.05) is 24.6 Å². The lowest BCUT2D eigenvalue weighted by Crippen LogP contribution is -2.47. The molecule has 1 aliphatic heterocycles. The van der Waals surface area contributed by atoms with E-state index in [2.05, 4.69) is 9.97 Å². The Balaban J connectivity index is 1.84. The Morgan fingerprint density at radius 2 is 2.16 bits per heavy atom. The number of aliphatic hydroxyl groups excluding tert-OH is 1. The van der Waals surface area contributed by atoms with E-state index in [1.807, 2.05) is 4.90 Å². The molecule has 1 amide bonds. The lowest BCUT2D eigenvalue weighted by atomic mass is 9.75. The molecule has 0 spiro atoms. The molecule has 1 aromatic heterocycles. The molecule has 0 bridgehead atoms. The molecule has 0 aliphatic carbocycles. The summed E-state index contributed by atoms with van der Waals surface area (Å²) in [5.41, 5.74) is 5.50. The number of hydrogen-bond donors (Lipinski definition) is 2. The third-order valence-corrected chi connectivity index (χ3v) is 4.72. The molecule has 1 aliphatic rings. The third-order valence-electron chi connectivity index (χ3n) is 4.72. The number of primary amides is 1. The summed E-state index contributed by atoms with van der Waals surface area (Å²) in [6.07, 6.45) is 4.96. The van der Waals surface area contributed by atoms with E-state index in [1.165, 1.54) is 12.3 Å². The Bertz CT molecular complexity index is 770. The zero-order valence-corrected chi connectivity index (χ0v) is 13.9. The van der Waals surface area contributed by atoms with Crippen LogP contribution < -0.4 is 10.6 Å². The summed E-state index contributed by atoms with van der Waals surface area (Å²) in [5.74, 6) is -0.350. The van der Waals surface area contributed by atoms with Gasteiger partial charge in [-0.1, -0.05) is 18.2 Å². The largest absolute Gasteiger partial charge is 0.396 e. The molecule has 0 saturated carbocycles. The van der Waals surface area contributed by atoms with Crippen molar-refractivity contribution in [2.24, 2.45) is 11.1 Å². The van der Waals surface area contributed by atoms with E-state index in [0.717, 1.165) is 19.4 Å². The lowest BCUT2D eigenvalue weighted by molar-refractivity contribution is 0.0993. The van der Waals surface area contributed by atoms with Gasteiger partial charge in [0, 0.05) is 18.5 Å². The second-order valence-corrected chi connectivity index (χ2v) is 6.58. The first-order valence-corrected chi connectivity index (χ1v) is 8.24. The number of amides is 1. The second-order valence-electron chi connectivity index (χ2n) is 6.58. The number of piperidine rings is 1. The first-order valence-electron chi connectivity index (χ1n) is 8.24. The fraction of sp³-hybridized carbons (Fsp3) is 0.389. The van der Waals surface area contributed by atoms with Crippen LogP contribution in [0.15, 0.2) is 36.7 Å². The highest BCUT2D eigenvalue weighted by molar-refractivity contribution is 5.90. The minimum Gasteiger partial charge on any atom is -0.396 e. The molecule has 3 N–H and O–H groups in total. The molecule has 3 rings (SSSR count). The number of rotatable bonds is 5. The van der Waals surface area contributed by atoms with E-state index in [1.54, 1.807) is 24.4 Å². The molecule has 1 saturated heterocycles.